The Morgan fingerprint density at radius 3 is 2.46 bits per heavy atom. The lowest BCUT2D eigenvalue weighted by atomic mass is 10.2. The van der Waals surface area contributed by atoms with Crippen molar-refractivity contribution in [2.45, 2.75) is 19.1 Å². The van der Waals surface area contributed by atoms with Crippen LogP contribution in [-0.2, 0) is 0 Å². The minimum atomic E-state index is -0.341. The maximum Gasteiger partial charge on any atom is 0.332 e. The number of aryl methyl sites for hydroxylation is 1. The Bertz CT molecular complexity index is 759. The summed E-state index contributed by atoms with van der Waals surface area (Å²) in [5.41, 5.74) is 2.41. The van der Waals surface area contributed by atoms with E-state index in [0.717, 1.165) is 5.56 Å². The number of hydrogen-bond acceptors (Lipinski definition) is 3. The lowest BCUT2D eigenvalue weighted by Gasteiger charge is -2.23. The van der Waals surface area contributed by atoms with E-state index >= 15 is 0 Å². The Balaban J connectivity index is 1.87. The third-order valence-corrected chi connectivity index (χ3v) is 4.65. The van der Waals surface area contributed by atoms with Gasteiger partial charge in [0.05, 0.1) is 12.2 Å². The zero-order valence-corrected chi connectivity index (χ0v) is 14.3. The van der Waals surface area contributed by atoms with Crippen molar-refractivity contribution in [1.82, 2.24) is 0 Å². The van der Waals surface area contributed by atoms with Crippen LogP contribution in [0.3, 0.4) is 0 Å². The number of aliphatic imine (C=N–C) groups is 1. The Morgan fingerprint density at radius 1 is 1.21 bits per heavy atom. The molecule has 2 aromatic carbocycles. The van der Waals surface area contributed by atoms with Crippen LogP contribution in [0.25, 0.3) is 0 Å². The number of halogens is 1. The highest BCUT2D eigenvalue weighted by Gasteiger charge is 2.27. The monoisotopic (exact) mass is 343 g/mol. The molecule has 0 bridgehead atoms. The fourth-order valence-electron chi connectivity index (χ4n) is 2.31. The fraction of sp³-hybridized carbons (Fsp3) is 0.222. The van der Waals surface area contributed by atoms with E-state index in [-0.39, 0.29) is 11.8 Å². The molecule has 0 fully saturated rings. The lowest BCUT2D eigenvalue weighted by molar-refractivity contribution is 0.259. The molecule has 24 heavy (non-hydrogen) atoms. The summed E-state index contributed by atoms with van der Waals surface area (Å²) < 4.78 is 13.2. The molecule has 1 N–H and O–H groups in total. The van der Waals surface area contributed by atoms with Crippen molar-refractivity contribution in [1.29, 1.82) is 0 Å². The number of hydrogen-bond donors (Lipinski definition) is 1. The minimum Gasteiger partial charge on any atom is -0.307 e. The Hall–Kier alpha value is -2.34. The molecule has 1 aliphatic heterocycles. The number of anilines is 2. The van der Waals surface area contributed by atoms with E-state index in [9.17, 15) is 9.18 Å². The van der Waals surface area contributed by atoms with Crippen molar-refractivity contribution in [3.05, 3.63) is 59.9 Å². The molecule has 0 aliphatic carbocycles. The first kappa shape index (κ1) is 16.5. The second-order valence-corrected chi connectivity index (χ2v) is 7.07. The van der Waals surface area contributed by atoms with E-state index < -0.39 is 0 Å². The van der Waals surface area contributed by atoms with Crippen LogP contribution in [0.5, 0.6) is 0 Å². The number of urea groups is 1. The molecule has 6 heteroatoms. The molecule has 1 atom stereocenters. The van der Waals surface area contributed by atoms with Crippen LogP contribution < -0.4 is 10.2 Å². The largest absolute Gasteiger partial charge is 0.332 e. The normalized spacial score (nSPS) is 16.6. The number of thioether (sulfide) groups is 1. The van der Waals surface area contributed by atoms with Gasteiger partial charge in [-0.3, -0.25) is 4.99 Å². The van der Waals surface area contributed by atoms with Crippen LogP contribution in [-0.4, -0.2) is 23.0 Å². The van der Waals surface area contributed by atoms with E-state index in [1.54, 1.807) is 12.1 Å². The van der Waals surface area contributed by atoms with Crippen molar-refractivity contribution < 1.29 is 9.18 Å². The summed E-state index contributed by atoms with van der Waals surface area (Å²) in [7, 11) is 0. The van der Waals surface area contributed by atoms with Crippen molar-refractivity contribution in [3.8, 4) is 0 Å². The topological polar surface area (TPSA) is 44.7 Å². The summed E-state index contributed by atoms with van der Waals surface area (Å²) in [6.07, 6.45) is 0. The number of carbonyl (C=O) groups is 1. The van der Waals surface area contributed by atoms with Gasteiger partial charge in [0, 0.05) is 10.9 Å². The van der Waals surface area contributed by atoms with Gasteiger partial charge in [-0.1, -0.05) is 36.4 Å². The summed E-state index contributed by atoms with van der Waals surface area (Å²) in [6.45, 7) is 4.71. The number of carbonyl (C=O) groups excluding carboxylic acids is 1. The number of amidine groups is 1. The van der Waals surface area contributed by atoms with Gasteiger partial charge in [-0.25, -0.2) is 14.1 Å². The highest BCUT2D eigenvalue weighted by molar-refractivity contribution is 8.15. The Kier molecular flexibility index (Phi) is 4.85. The first-order valence-corrected chi connectivity index (χ1v) is 8.55. The second kappa shape index (κ2) is 7.05. The number of rotatable bonds is 2. The molecule has 0 spiro atoms. The maximum atomic E-state index is 13.2. The number of amides is 2. The van der Waals surface area contributed by atoms with Crippen LogP contribution >= 0.6 is 11.8 Å². The highest BCUT2D eigenvalue weighted by Crippen LogP contribution is 2.28. The molecule has 3 rings (SSSR count). The third-order valence-electron chi connectivity index (χ3n) is 3.57. The average molecular weight is 343 g/mol. The molecule has 0 radical (unpaired) electrons. The molecule has 0 saturated carbocycles. The fourth-order valence-corrected chi connectivity index (χ4v) is 3.26. The van der Waals surface area contributed by atoms with Crippen molar-refractivity contribution in [2.24, 2.45) is 4.99 Å². The van der Waals surface area contributed by atoms with Crippen molar-refractivity contribution in [3.63, 3.8) is 0 Å². The van der Waals surface area contributed by atoms with Crippen LogP contribution in [0.4, 0.5) is 20.6 Å². The first-order valence-electron chi connectivity index (χ1n) is 7.67. The van der Waals surface area contributed by atoms with E-state index in [2.05, 4.69) is 17.2 Å². The van der Waals surface area contributed by atoms with Gasteiger partial charge in [0.2, 0.25) is 0 Å². The number of nitrogens with one attached hydrogen (secondary N) is 1. The van der Waals surface area contributed by atoms with Gasteiger partial charge in [-0.2, -0.15) is 0 Å². The minimum absolute atomic E-state index is 0.314. The van der Waals surface area contributed by atoms with Crippen LogP contribution in [0, 0.1) is 12.7 Å². The molecule has 0 aromatic heterocycles. The molecule has 2 amide bonds. The molecular formula is C18H18FN3OS. The Labute approximate surface area is 144 Å². The molecule has 2 aromatic rings. The van der Waals surface area contributed by atoms with Crippen molar-refractivity contribution in [2.75, 3.05) is 16.8 Å². The van der Waals surface area contributed by atoms with Gasteiger partial charge >= 0.3 is 6.03 Å². The molecule has 4 nitrogen and oxygen atoms in total. The molecule has 1 aliphatic rings. The van der Waals surface area contributed by atoms with Crippen molar-refractivity contribution >= 4 is 34.3 Å². The summed E-state index contributed by atoms with van der Waals surface area (Å²) in [5.74, 6) is -0.341. The molecule has 0 unspecified atom stereocenters. The average Bonchev–Trinajstić information content (AvgIpc) is 2.98. The SMILES string of the molecule is Cc1ccc(NC(=O)N(C2=NC[C@H](C)S2)c2ccc(F)cc2)cc1. The highest BCUT2D eigenvalue weighted by atomic mass is 32.2. The molecule has 0 saturated heterocycles. The quantitative estimate of drug-likeness (QED) is 0.861. The summed E-state index contributed by atoms with van der Waals surface area (Å²) in [6, 6.07) is 13.1. The molecule has 124 valence electrons. The van der Waals surface area contributed by atoms with Crippen LogP contribution in [0.15, 0.2) is 53.5 Å². The summed E-state index contributed by atoms with van der Waals surface area (Å²) in [4.78, 5) is 18.7. The zero-order valence-electron chi connectivity index (χ0n) is 13.5. The second-order valence-electron chi connectivity index (χ2n) is 5.66. The lowest BCUT2D eigenvalue weighted by Crippen LogP contribution is -2.38. The molecule has 1 heterocycles. The van der Waals surface area contributed by atoms with Gasteiger partial charge in [0.25, 0.3) is 0 Å². The first-order chi connectivity index (χ1) is 11.5. The number of nitrogens with zero attached hydrogens (tertiary/aromatic N) is 2. The number of benzene rings is 2. The standard InChI is InChI=1S/C18H18FN3OS/c1-12-3-7-15(8-4-12)21-17(23)22(18-20-11-13(2)24-18)16-9-5-14(19)6-10-16/h3-10,13H,11H2,1-2H3,(H,21,23)/t13-/m0/s1. The zero-order chi connectivity index (χ0) is 17.1. The van der Waals surface area contributed by atoms with Gasteiger partial charge in [0.15, 0.2) is 5.17 Å². The van der Waals surface area contributed by atoms with Gasteiger partial charge < -0.3 is 5.32 Å². The smallest absolute Gasteiger partial charge is 0.307 e. The predicted octanol–water partition coefficient (Wildman–Crippen LogP) is 4.66. The van der Waals surface area contributed by atoms with Gasteiger partial charge in [-0.05, 0) is 43.3 Å². The van der Waals surface area contributed by atoms with Gasteiger partial charge in [-0.15, -0.1) is 0 Å². The van der Waals surface area contributed by atoms with Crippen LogP contribution in [0.1, 0.15) is 12.5 Å². The van der Waals surface area contributed by atoms with E-state index in [1.165, 1.54) is 28.8 Å². The summed E-state index contributed by atoms with van der Waals surface area (Å²) in [5, 5.41) is 3.81. The van der Waals surface area contributed by atoms with E-state index in [0.29, 0.717) is 28.3 Å². The van der Waals surface area contributed by atoms with Crippen LogP contribution in [0.2, 0.25) is 0 Å². The third kappa shape index (κ3) is 3.76. The maximum absolute atomic E-state index is 13.2. The Morgan fingerprint density at radius 2 is 1.88 bits per heavy atom. The van der Waals surface area contributed by atoms with Gasteiger partial charge in [0.1, 0.15) is 5.82 Å². The summed E-state index contributed by atoms with van der Waals surface area (Å²) >= 11 is 1.54. The molecular weight excluding hydrogens is 325 g/mol. The van der Waals surface area contributed by atoms with E-state index in [1.807, 2.05) is 31.2 Å². The predicted molar refractivity (Wildman–Crippen MR) is 98.4 cm³/mol. The van der Waals surface area contributed by atoms with E-state index in [4.69, 9.17) is 0 Å².